The van der Waals surface area contributed by atoms with E-state index in [-0.39, 0.29) is 0 Å². The van der Waals surface area contributed by atoms with Gasteiger partial charge in [0.15, 0.2) is 11.2 Å². The van der Waals surface area contributed by atoms with Crippen LogP contribution in [0.5, 0.6) is 0 Å². The normalized spacial score (nSPS) is 13.2. The highest BCUT2D eigenvalue weighted by atomic mass is 28.3. The zero-order valence-corrected chi connectivity index (χ0v) is 44.8. The van der Waals surface area contributed by atoms with Crippen molar-refractivity contribution in [2.24, 2.45) is 0 Å². The van der Waals surface area contributed by atoms with Crippen LogP contribution in [0.3, 0.4) is 0 Å². The van der Waals surface area contributed by atoms with E-state index in [1.807, 2.05) is 0 Å². The van der Waals surface area contributed by atoms with Gasteiger partial charge in [-0.25, -0.2) is 0 Å². The van der Waals surface area contributed by atoms with E-state index in [4.69, 9.17) is 8.83 Å². The Morgan fingerprint density at radius 2 is 0.872 bits per heavy atom. The SMILES string of the molecule is Cc1ccc(N(c2cc3c(c4ccccc24)-c2ccc4cc(N(c5ccc([Si](C)(C)C)cc5)c5cccc6c5oc5ccccc56)ccc4c2C32c3ccccc3-c3ccccc32)c2cccc3c2oc2ccccc23)cc1. The number of hydrogen-bond acceptors (Lipinski definition) is 4. The summed E-state index contributed by atoms with van der Waals surface area (Å²) in [5, 5.41) is 10.6. The number of furan rings is 2. The summed E-state index contributed by atoms with van der Waals surface area (Å²) < 4.78 is 13.7. The maximum atomic E-state index is 6.91. The molecule has 370 valence electrons. The molecule has 0 saturated heterocycles. The molecule has 0 fully saturated rings. The van der Waals surface area contributed by atoms with Gasteiger partial charge in [0.25, 0.3) is 0 Å². The van der Waals surface area contributed by atoms with E-state index < -0.39 is 13.5 Å². The monoisotopic (exact) mass is 1020 g/mol. The summed E-state index contributed by atoms with van der Waals surface area (Å²) in [5.74, 6) is 0. The van der Waals surface area contributed by atoms with Crippen LogP contribution >= 0.6 is 0 Å². The van der Waals surface area contributed by atoms with E-state index in [0.717, 1.165) is 78.0 Å². The minimum Gasteiger partial charge on any atom is -0.454 e. The van der Waals surface area contributed by atoms with Crippen molar-refractivity contribution >= 4 is 113 Å². The standard InChI is InChI=1S/C73H52N2O2Si/c1-45-31-34-48(35-32-45)75(65-28-16-24-59-56-21-10-14-30-68(56)77-72(59)65)66-44-63-69(57-22-6-5-19-54(57)66)60-41-33-46-43-49(38-42-51(46)70(60)73(63)61-25-11-7-17-52(61)53-18-8-12-26-62(53)73)74(47-36-39-50(40-37-47)78(2,3)4)64-27-15-23-58-55-20-9-13-29-67(55)76-71(58)64/h5-44H,1-4H3. The zero-order chi connectivity index (χ0) is 52.0. The number of benzene rings is 12. The van der Waals surface area contributed by atoms with E-state index in [1.54, 1.807) is 0 Å². The van der Waals surface area contributed by atoms with Crippen molar-refractivity contribution in [3.8, 4) is 22.3 Å². The first-order valence-electron chi connectivity index (χ1n) is 27.2. The van der Waals surface area contributed by atoms with Crippen LogP contribution in [-0.4, -0.2) is 8.07 Å². The lowest BCUT2D eigenvalue weighted by Gasteiger charge is -2.33. The third-order valence-corrected chi connectivity index (χ3v) is 19.1. The summed E-state index contributed by atoms with van der Waals surface area (Å²) in [6.07, 6.45) is 0. The second-order valence-electron chi connectivity index (χ2n) is 22.4. The molecule has 0 aliphatic heterocycles. The third-order valence-electron chi connectivity index (χ3n) is 17.1. The van der Waals surface area contributed by atoms with Crippen LogP contribution in [0, 0.1) is 6.92 Å². The first kappa shape index (κ1) is 44.8. The molecule has 0 radical (unpaired) electrons. The summed E-state index contributed by atoms with van der Waals surface area (Å²) in [5.41, 5.74) is 20.6. The molecule has 0 N–H and O–H groups in total. The average molecular weight is 1020 g/mol. The highest BCUT2D eigenvalue weighted by Gasteiger charge is 2.53. The van der Waals surface area contributed by atoms with Gasteiger partial charge in [0.05, 0.1) is 30.6 Å². The van der Waals surface area contributed by atoms with Gasteiger partial charge in [0, 0.05) is 44.0 Å². The second kappa shape index (κ2) is 16.5. The second-order valence-corrected chi connectivity index (χ2v) is 27.5. The lowest BCUT2D eigenvalue weighted by atomic mass is 9.69. The summed E-state index contributed by atoms with van der Waals surface area (Å²) in [6.45, 7) is 9.40. The maximum Gasteiger partial charge on any atom is 0.159 e. The van der Waals surface area contributed by atoms with Crippen LogP contribution in [-0.2, 0) is 5.41 Å². The topological polar surface area (TPSA) is 32.8 Å². The molecule has 0 bridgehead atoms. The highest BCUT2D eigenvalue weighted by molar-refractivity contribution is 6.88. The van der Waals surface area contributed by atoms with Gasteiger partial charge in [-0.15, -0.1) is 0 Å². The highest BCUT2D eigenvalue weighted by Crippen LogP contribution is 2.66. The predicted octanol–water partition coefficient (Wildman–Crippen LogP) is 19.9. The predicted molar refractivity (Wildman–Crippen MR) is 329 cm³/mol. The zero-order valence-electron chi connectivity index (χ0n) is 43.8. The molecule has 1 spiro atoms. The Hall–Kier alpha value is -9.42. The number of rotatable bonds is 7. The number of hydrogen-bond donors (Lipinski definition) is 0. The summed E-state index contributed by atoms with van der Waals surface area (Å²) in [4.78, 5) is 4.85. The van der Waals surface area contributed by atoms with Crippen molar-refractivity contribution < 1.29 is 8.83 Å². The Morgan fingerprint density at radius 1 is 0.359 bits per heavy atom. The Morgan fingerprint density at radius 3 is 1.50 bits per heavy atom. The third kappa shape index (κ3) is 6.28. The molecule has 0 amide bonds. The quantitative estimate of drug-likeness (QED) is 0.149. The van der Waals surface area contributed by atoms with Gasteiger partial charge in [-0.1, -0.05) is 206 Å². The Labute approximate surface area is 453 Å². The fourth-order valence-electron chi connectivity index (χ4n) is 13.6. The molecule has 14 aromatic rings. The van der Waals surface area contributed by atoms with E-state index >= 15 is 0 Å². The van der Waals surface area contributed by atoms with Gasteiger partial charge in [-0.2, -0.15) is 0 Å². The average Bonchev–Trinajstić information content (AvgIpc) is 2.72. The molecule has 2 aliphatic carbocycles. The summed E-state index contributed by atoms with van der Waals surface area (Å²) >= 11 is 0. The number of nitrogens with zero attached hydrogens (tertiary/aromatic N) is 2. The Kier molecular flexibility index (Phi) is 9.51. The molecule has 2 heterocycles. The van der Waals surface area contributed by atoms with Gasteiger partial charge in [-0.3, -0.25) is 0 Å². The lowest BCUT2D eigenvalue weighted by Crippen LogP contribution is -2.37. The molecule has 0 atom stereocenters. The van der Waals surface area contributed by atoms with Gasteiger partial charge >= 0.3 is 0 Å². The van der Waals surface area contributed by atoms with Gasteiger partial charge < -0.3 is 18.6 Å². The molecule has 12 aromatic carbocycles. The first-order chi connectivity index (χ1) is 38.2. The van der Waals surface area contributed by atoms with Crippen molar-refractivity contribution in [1.82, 2.24) is 0 Å². The molecule has 16 rings (SSSR count). The molecule has 2 aromatic heterocycles. The molecule has 78 heavy (non-hydrogen) atoms. The van der Waals surface area contributed by atoms with Crippen LogP contribution in [0.15, 0.2) is 251 Å². The molecule has 0 unspecified atom stereocenters. The van der Waals surface area contributed by atoms with E-state index in [1.165, 1.54) is 76.8 Å². The van der Waals surface area contributed by atoms with Crippen LogP contribution < -0.4 is 15.0 Å². The summed E-state index contributed by atoms with van der Waals surface area (Å²) in [6, 6.07) is 90.0. The fraction of sp³-hybridized carbons (Fsp3) is 0.0685. The molecule has 4 nitrogen and oxygen atoms in total. The Balaban J connectivity index is 0.981. The van der Waals surface area contributed by atoms with E-state index in [9.17, 15) is 0 Å². The number of para-hydroxylation sites is 4. The maximum absolute atomic E-state index is 6.91. The Bertz CT molecular complexity index is 4760. The van der Waals surface area contributed by atoms with Crippen molar-refractivity contribution in [3.63, 3.8) is 0 Å². The van der Waals surface area contributed by atoms with E-state index in [2.05, 4.69) is 279 Å². The molecular formula is C73H52N2O2Si. The van der Waals surface area contributed by atoms with Crippen molar-refractivity contribution in [3.05, 3.63) is 270 Å². The van der Waals surface area contributed by atoms with Crippen LogP contribution in [0.25, 0.3) is 87.7 Å². The largest absolute Gasteiger partial charge is 0.454 e. The minimum atomic E-state index is -1.58. The smallest absolute Gasteiger partial charge is 0.159 e. The number of anilines is 6. The molecular weight excluding hydrogens is 965 g/mol. The van der Waals surface area contributed by atoms with Crippen LogP contribution in [0.4, 0.5) is 34.1 Å². The molecule has 0 saturated carbocycles. The van der Waals surface area contributed by atoms with Crippen LogP contribution in [0.1, 0.15) is 27.8 Å². The number of fused-ring (bicyclic) bond motifs is 20. The van der Waals surface area contributed by atoms with E-state index in [0.29, 0.717) is 0 Å². The van der Waals surface area contributed by atoms with Crippen LogP contribution in [0.2, 0.25) is 19.6 Å². The van der Waals surface area contributed by atoms with Gasteiger partial charge in [0.1, 0.15) is 11.2 Å². The molecule has 5 heteroatoms. The lowest BCUT2D eigenvalue weighted by molar-refractivity contribution is 0.668. The fourth-order valence-corrected chi connectivity index (χ4v) is 14.7. The van der Waals surface area contributed by atoms with Gasteiger partial charge in [0.2, 0.25) is 0 Å². The molecule has 2 aliphatic rings. The number of aryl methyl sites for hydroxylation is 1. The first-order valence-corrected chi connectivity index (χ1v) is 30.7. The minimum absolute atomic E-state index is 0.672. The summed E-state index contributed by atoms with van der Waals surface area (Å²) in [7, 11) is -1.58. The van der Waals surface area contributed by atoms with Crippen molar-refractivity contribution in [1.29, 1.82) is 0 Å². The van der Waals surface area contributed by atoms with Crippen molar-refractivity contribution in [2.45, 2.75) is 32.0 Å². The van der Waals surface area contributed by atoms with Crippen molar-refractivity contribution in [2.75, 3.05) is 9.80 Å². The van der Waals surface area contributed by atoms with Gasteiger partial charge in [-0.05, 0) is 134 Å².